The Bertz CT molecular complexity index is 952. The van der Waals surface area contributed by atoms with E-state index in [0.29, 0.717) is 6.61 Å². The summed E-state index contributed by atoms with van der Waals surface area (Å²) < 4.78 is 8.63. The van der Waals surface area contributed by atoms with Gasteiger partial charge < -0.3 is 4.74 Å². The lowest BCUT2D eigenvalue weighted by atomic mass is 10.2. The second-order valence-corrected chi connectivity index (χ2v) is 6.01. The molecule has 0 spiro atoms. The van der Waals surface area contributed by atoms with Crippen molar-refractivity contribution in [1.82, 2.24) is 19.8 Å². The Labute approximate surface area is 140 Å². The average molecular weight is 402 g/mol. The largest absolute Gasteiger partial charge is 0.489 e. The van der Waals surface area contributed by atoms with Gasteiger partial charge in [0.2, 0.25) is 0 Å². The molecule has 4 aromatic rings. The Kier molecular flexibility index (Phi) is 3.38. The van der Waals surface area contributed by atoms with E-state index in [0.717, 1.165) is 31.6 Å². The van der Waals surface area contributed by atoms with E-state index in [9.17, 15) is 0 Å². The van der Waals surface area contributed by atoms with E-state index in [1.807, 2.05) is 48.5 Å². The molecule has 0 atom stereocenters. The number of hydrogen-bond acceptors (Lipinski definition) is 4. The van der Waals surface area contributed by atoms with Crippen LogP contribution < -0.4 is 4.74 Å². The van der Waals surface area contributed by atoms with Crippen LogP contribution in [0.1, 0.15) is 5.56 Å². The number of benzene rings is 2. The van der Waals surface area contributed by atoms with E-state index >= 15 is 0 Å². The summed E-state index contributed by atoms with van der Waals surface area (Å²) in [5.74, 6) is 0.788. The molecular weight excluding hydrogens is 391 g/mol. The highest BCUT2D eigenvalue weighted by atomic mass is 127. The summed E-state index contributed by atoms with van der Waals surface area (Å²) in [4.78, 5) is 0. The SMILES string of the molecule is Ic1cnn2c1nnc1ccc(OCc3ccccc3)cc12. The van der Waals surface area contributed by atoms with Crippen molar-refractivity contribution in [2.45, 2.75) is 6.61 Å². The molecule has 0 unspecified atom stereocenters. The smallest absolute Gasteiger partial charge is 0.191 e. The van der Waals surface area contributed by atoms with Crippen molar-refractivity contribution in [2.75, 3.05) is 0 Å². The molecule has 2 aromatic carbocycles. The minimum absolute atomic E-state index is 0.532. The fourth-order valence-corrected chi connectivity index (χ4v) is 2.74. The Morgan fingerprint density at radius 2 is 1.91 bits per heavy atom. The van der Waals surface area contributed by atoms with Crippen LogP contribution in [0.2, 0.25) is 0 Å². The van der Waals surface area contributed by atoms with E-state index in [-0.39, 0.29) is 0 Å². The van der Waals surface area contributed by atoms with E-state index in [1.54, 1.807) is 10.7 Å². The fraction of sp³-hybridized carbons (Fsp3) is 0.0625. The quantitative estimate of drug-likeness (QED) is 0.493. The molecule has 2 aromatic heterocycles. The van der Waals surface area contributed by atoms with Gasteiger partial charge in [0.15, 0.2) is 5.65 Å². The van der Waals surface area contributed by atoms with Gasteiger partial charge in [-0.2, -0.15) is 5.10 Å². The standard InChI is InChI=1S/C16H11IN4O/c17-13-9-18-21-15-8-12(6-7-14(15)19-20-16(13)21)22-10-11-4-2-1-3-5-11/h1-9H,10H2. The molecule has 0 amide bonds. The topological polar surface area (TPSA) is 52.3 Å². The van der Waals surface area contributed by atoms with Crippen LogP contribution in [0.25, 0.3) is 16.7 Å². The van der Waals surface area contributed by atoms with Crippen molar-refractivity contribution < 1.29 is 4.74 Å². The molecule has 0 bridgehead atoms. The van der Waals surface area contributed by atoms with Gasteiger partial charge in [0, 0.05) is 6.07 Å². The lowest BCUT2D eigenvalue weighted by Crippen LogP contribution is -1.99. The van der Waals surface area contributed by atoms with Crippen molar-refractivity contribution in [2.24, 2.45) is 0 Å². The van der Waals surface area contributed by atoms with E-state index in [1.165, 1.54) is 0 Å². The second-order valence-electron chi connectivity index (χ2n) is 4.85. The summed E-state index contributed by atoms with van der Waals surface area (Å²) in [5.41, 5.74) is 3.57. The average Bonchev–Trinajstić information content (AvgIpc) is 2.95. The fourth-order valence-electron chi connectivity index (χ4n) is 2.28. The van der Waals surface area contributed by atoms with E-state index < -0.39 is 0 Å². The van der Waals surface area contributed by atoms with Crippen molar-refractivity contribution in [1.29, 1.82) is 0 Å². The Balaban J connectivity index is 1.71. The molecule has 0 aliphatic heterocycles. The van der Waals surface area contributed by atoms with Crippen LogP contribution in [0.5, 0.6) is 5.75 Å². The van der Waals surface area contributed by atoms with Crippen LogP contribution in [0.3, 0.4) is 0 Å². The van der Waals surface area contributed by atoms with Gasteiger partial charge in [-0.1, -0.05) is 30.3 Å². The molecule has 0 aliphatic carbocycles. The number of fused-ring (bicyclic) bond motifs is 3. The molecule has 4 rings (SSSR count). The molecule has 0 saturated heterocycles. The zero-order valence-electron chi connectivity index (χ0n) is 11.5. The maximum Gasteiger partial charge on any atom is 0.191 e. The lowest BCUT2D eigenvalue weighted by molar-refractivity contribution is 0.306. The Morgan fingerprint density at radius 3 is 2.77 bits per heavy atom. The molecule has 0 radical (unpaired) electrons. The third-order valence-corrected chi connectivity index (χ3v) is 4.14. The van der Waals surface area contributed by atoms with Crippen LogP contribution >= 0.6 is 22.6 Å². The maximum absolute atomic E-state index is 5.86. The van der Waals surface area contributed by atoms with E-state index in [2.05, 4.69) is 37.9 Å². The molecule has 0 saturated carbocycles. The predicted octanol–water partition coefficient (Wildman–Crippen LogP) is 3.46. The van der Waals surface area contributed by atoms with Crippen LogP contribution in [0.4, 0.5) is 0 Å². The van der Waals surface area contributed by atoms with Gasteiger partial charge in [-0.3, -0.25) is 0 Å². The van der Waals surface area contributed by atoms with E-state index in [4.69, 9.17) is 4.74 Å². The molecule has 0 aliphatic rings. The van der Waals surface area contributed by atoms with Gasteiger partial charge in [0.1, 0.15) is 17.9 Å². The van der Waals surface area contributed by atoms with Gasteiger partial charge in [-0.15, -0.1) is 10.2 Å². The highest BCUT2D eigenvalue weighted by molar-refractivity contribution is 14.1. The maximum atomic E-state index is 5.86. The van der Waals surface area contributed by atoms with Crippen LogP contribution in [-0.4, -0.2) is 19.8 Å². The molecule has 0 N–H and O–H groups in total. The number of rotatable bonds is 3. The molecule has 108 valence electrons. The molecular formula is C16H11IN4O. The zero-order valence-corrected chi connectivity index (χ0v) is 13.6. The second kappa shape index (κ2) is 5.53. The van der Waals surface area contributed by atoms with Crippen LogP contribution in [-0.2, 0) is 6.61 Å². The third kappa shape index (κ3) is 2.39. The summed E-state index contributed by atoms with van der Waals surface area (Å²) >= 11 is 2.20. The molecule has 0 fully saturated rings. The molecule has 5 nitrogen and oxygen atoms in total. The van der Waals surface area contributed by atoms with Gasteiger partial charge in [0.25, 0.3) is 0 Å². The third-order valence-electron chi connectivity index (χ3n) is 3.38. The van der Waals surface area contributed by atoms with Gasteiger partial charge in [0.05, 0.1) is 15.3 Å². The highest BCUT2D eigenvalue weighted by Gasteiger charge is 2.08. The van der Waals surface area contributed by atoms with Gasteiger partial charge >= 0.3 is 0 Å². The summed E-state index contributed by atoms with van der Waals surface area (Å²) in [6.45, 7) is 0.532. The lowest BCUT2D eigenvalue weighted by Gasteiger charge is -2.07. The molecule has 6 heteroatoms. The predicted molar refractivity (Wildman–Crippen MR) is 91.8 cm³/mol. The summed E-state index contributed by atoms with van der Waals surface area (Å²) in [6, 6.07) is 15.8. The first-order chi connectivity index (χ1) is 10.8. The van der Waals surface area contributed by atoms with Crippen LogP contribution in [0, 0.1) is 3.57 Å². The van der Waals surface area contributed by atoms with Crippen molar-refractivity contribution in [3.8, 4) is 5.75 Å². The molecule has 2 heterocycles. The summed E-state index contributed by atoms with van der Waals surface area (Å²) in [5, 5.41) is 12.8. The molecule has 22 heavy (non-hydrogen) atoms. The van der Waals surface area contributed by atoms with Gasteiger partial charge in [-0.25, -0.2) is 4.52 Å². The first-order valence-corrected chi connectivity index (χ1v) is 7.85. The highest BCUT2D eigenvalue weighted by Crippen LogP contribution is 2.22. The summed E-state index contributed by atoms with van der Waals surface area (Å²) in [6.07, 6.45) is 1.78. The Morgan fingerprint density at radius 1 is 1.05 bits per heavy atom. The minimum Gasteiger partial charge on any atom is -0.489 e. The van der Waals surface area contributed by atoms with Crippen molar-refractivity contribution in [3.63, 3.8) is 0 Å². The van der Waals surface area contributed by atoms with Gasteiger partial charge in [-0.05, 0) is 40.3 Å². The monoisotopic (exact) mass is 402 g/mol. The zero-order chi connectivity index (χ0) is 14.9. The number of ether oxygens (including phenoxy) is 1. The number of aromatic nitrogens is 4. The van der Waals surface area contributed by atoms with Crippen molar-refractivity contribution in [3.05, 3.63) is 63.9 Å². The number of halogens is 1. The van der Waals surface area contributed by atoms with Crippen LogP contribution in [0.15, 0.2) is 54.7 Å². The number of nitrogens with zero attached hydrogens (tertiary/aromatic N) is 4. The first-order valence-electron chi connectivity index (χ1n) is 6.78. The Hall–Kier alpha value is -2.22. The first kappa shape index (κ1) is 13.4. The minimum atomic E-state index is 0.532. The summed E-state index contributed by atoms with van der Waals surface area (Å²) in [7, 11) is 0. The number of hydrogen-bond donors (Lipinski definition) is 0. The normalized spacial score (nSPS) is 11.1. The van der Waals surface area contributed by atoms with Crippen molar-refractivity contribution >= 4 is 39.3 Å².